The van der Waals surface area contributed by atoms with Crippen LogP contribution in [0.15, 0.2) is 24.3 Å². The molecule has 0 bridgehead atoms. The van der Waals surface area contributed by atoms with Crippen LogP contribution in [0, 0.1) is 17.2 Å². The number of amides is 1. The Morgan fingerprint density at radius 3 is 2.84 bits per heavy atom. The molecule has 0 atom stereocenters. The molecule has 0 fully saturated rings. The van der Waals surface area contributed by atoms with E-state index in [0.29, 0.717) is 23.6 Å². The lowest BCUT2D eigenvalue weighted by atomic mass is 10.2. The number of nitriles is 1. The van der Waals surface area contributed by atoms with Gasteiger partial charge in [0, 0.05) is 6.42 Å². The lowest BCUT2D eigenvalue weighted by Crippen LogP contribution is -2.12. The van der Waals surface area contributed by atoms with Gasteiger partial charge >= 0.3 is 0 Å². The third-order valence-electron chi connectivity index (χ3n) is 2.47. The lowest BCUT2D eigenvalue weighted by Gasteiger charge is -2.07. The molecule has 1 aromatic carbocycles. The molecule has 1 aromatic rings. The largest absolute Gasteiger partial charge is 0.325 e. The van der Waals surface area contributed by atoms with Gasteiger partial charge in [-0.3, -0.25) is 4.79 Å². The molecule has 4 heteroatoms. The molecule has 102 valence electrons. The van der Waals surface area contributed by atoms with E-state index in [-0.39, 0.29) is 5.91 Å². The minimum Gasteiger partial charge on any atom is -0.325 e. The number of para-hydroxylation sites is 1. The summed E-state index contributed by atoms with van der Waals surface area (Å²) in [4.78, 5) is 11.7. The Hall–Kier alpha value is -1.47. The third kappa shape index (κ3) is 6.30. The normalized spacial score (nSPS) is 10.2. The summed E-state index contributed by atoms with van der Waals surface area (Å²) in [5.41, 5.74) is 1.11. The molecule has 0 aliphatic heterocycles. The van der Waals surface area contributed by atoms with Crippen molar-refractivity contribution in [1.82, 2.24) is 0 Å². The zero-order valence-corrected chi connectivity index (χ0v) is 12.3. The molecule has 3 nitrogen and oxygen atoms in total. The van der Waals surface area contributed by atoms with Crippen LogP contribution < -0.4 is 5.32 Å². The predicted octanol–water partition coefficient (Wildman–Crippen LogP) is 3.67. The van der Waals surface area contributed by atoms with Gasteiger partial charge in [0.05, 0.1) is 11.3 Å². The molecule has 0 saturated carbocycles. The number of carbonyl (C=O) groups is 1. The summed E-state index contributed by atoms with van der Waals surface area (Å²) >= 11 is 1.88. The van der Waals surface area contributed by atoms with Crippen molar-refractivity contribution < 1.29 is 4.79 Å². The van der Waals surface area contributed by atoms with E-state index in [1.165, 1.54) is 0 Å². The molecule has 0 saturated heterocycles. The standard InChI is InChI=1S/C15H20N2OS/c1-12(2)11-19-9-5-8-15(18)17-14-7-4-3-6-13(14)10-16/h3-4,6-7,12H,5,8-9,11H2,1-2H3,(H,17,18). The number of anilines is 1. The number of thioether (sulfide) groups is 1. The van der Waals surface area contributed by atoms with E-state index in [9.17, 15) is 4.79 Å². The Labute approximate surface area is 119 Å². The number of nitrogens with zero attached hydrogens (tertiary/aromatic N) is 1. The Balaban J connectivity index is 2.30. The molecule has 0 aliphatic rings. The topological polar surface area (TPSA) is 52.9 Å². The summed E-state index contributed by atoms with van der Waals surface area (Å²) in [6, 6.07) is 9.13. The monoisotopic (exact) mass is 276 g/mol. The summed E-state index contributed by atoms with van der Waals surface area (Å²) in [5.74, 6) is 2.82. The van der Waals surface area contributed by atoms with Crippen LogP contribution >= 0.6 is 11.8 Å². The third-order valence-corrected chi connectivity index (χ3v) is 3.95. The van der Waals surface area contributed by atoms with Gasteiger partial charge in [0.2, 0.25) is 5.91 Å². The van der Waals surface area contributed by atoms with Crippen molar-refractivity contribution in [3.63, 3.8) is 0 Å². The van der Waals surface area contributed by atoms with Crippen molar-refractivity contribution in [3.05, 3.63) is 29.8 Å². The zero-order chi connectivity index (χ0) is 14.1. The number of hydrogen-bond donors (Lipinski definition) is 1. The highest BCUT2D eigenvalue weighted by atomic mass is 32.2. The van der Waals surface area contributed by atoms with Crippen LogP contribution in [0.2, 0.25) is 0 Å². The average Bonchev–Trinajstić information content (AvgIpc) is 2.38. The molecule has 0 aliphatic carbocycles. The fraction of sp³-hybridized carbons (Fsp3) is 0.467. The van der Waals surface area contributed by atoms with Gasteiger partial charge in [-0.2, -0.15) is 17.0 Å². The van der Waals surface area contributed by atoms with E-state index in [2.05, 4.69) is 25.2 Å². The first-order chi connectivity index (χ1) is 9.13. The summed E-state index contributed by atoms with van der Waals surface area (Å²) in [6.45, 7) is 4.39. The van der Waals surface area contributed by atoms with Crippen LogP contribution in [0.25, 0.3) is 0 Å². The van der Waals surface area contributed by atoms with Gasteiger partial charge in [0.1, 0.15) is 6.07 Å². The van der Waals surface area contributed by atoms with Gasteiger partial charge in [-0.25, -0.2) is 0 Å². The highest BCUT2D eigenvalue weighted by molar-refractivity contribution is 7.99. The minimum absolute atomic E-state index is 0.0205. The van der Waals surface area contributed by atoms with Crippen LogP contribution in [0.3, 0.4) is 0 Å². The second-order valence-corrected chi connectivity index (χ2v) is 5.93. The fourth-order valence-electron chi connectivity index (χ4n) is 1.56. The van der Waals surface area contributed by atoms with Gasteiger partial charge in [0.25, 0.3) is 0 Å². The zero-order valence-electron chi connectivity index (χ0n) is 11.5. The van der Waals surface area contributed by atoms with Gasteiger partial charge in [0.15, 0.2) is 0 Å². The first kappa shape index (κ1) is 15.6. The van der Waals surface area contributed by atoms with Crippen LogP contribution in [0.4, 0.5) is 5.69 Å². The van der Waals surface area contributed by atoms with Crippen molar-refractivity contribution in [2.24, 2.45) is 5.92 Å². The summed E-state index contributed by atoms with van der Waals surface area (Å²) < 4.78 is 0. The number of rotatable bonds is 7. The summed E-state index contributed by atoms with van der Waals surface area (Å²) in [5, 5.41) is 11.7. The first-order valence-corrected chi connectivity index (χ1v) is 7.65. The molecular formula is C15H20N2OS. The molecular weight excluding hydrogens is 256 g/mol. The first-order valence-electron chi connectivity index (χ1n) is 6.50. The molecule has 1 rings (SSSR count). The van der Waals surface area contributed by atoms with Crippen molar-refractivity contribution in [1.29, 1.82) is 5.26 Å². The molecule has 0 radical (unpaired) electrons. The number of carbonyl (C=O) groups excluding carboxylic acids is 1. The molecule has 19 heavy (non-hydrogen) atoms. The molecule has 1 amide bonds. The van der Waals surface area contributed by atoms with Crippen molar-refractivity contribution in [2.45, 2.75) is 26.7 Å². The quantitative estimate of drug-likeness (QED) is 0.773. The number of hydrogen-bond acceptors (Lipinski definition) is 3. The van der Waals surface area contributed by atoms with Gasteiger partial charge < -0.3 is 5.32 Å². The molecule has 1 N–H and O–H groups in total. The maximum atomic E-state index is 11.7. The second-order valence-electron chi connectivity index (χ2n) is 4.78. The van der Waals surface area contributed by atoms with Crippen LogP contribution in [0.5, 0.6) is 0 Å². The van der Waals surface area contributed by atoms with E-state index in [1.54, 1.807) is 18.2 Å². The highest BCUT2D eigenvalue weighted by Gasteiger charge is 2.06. The molecule has 0 unspecified atom stereocenters. The van der Waals surface area contributed by atoms with Crippen LogP contribution in [-0.2, 0) is 4.79 Å². The minimum atomic E-state index is -0.0205. The van der Waals surface area contributed by atoms with Gasteiger partial charge in [-0.05, 0) is 36.0 Å². The Morgan fingerprint density at radius 2 is 2.16 bits per heavy atom. The molecule has 0 heterocycles. The average molecular weight is 276 g/mol. The Morgan fingerprint density at radius 1 is 1.42 bits per heavy atom. The second kappa shape index (κ2) is 8.60. The van der Waals surface area contributed by atoms with E-state index in [0.717, 1.165) is 17.9 Å². The molecule has 0 spiro atoms. The Bertz CT molecular complexity index is 452. The van der Waals surface area contributed by atoms with E-state index < -0.39 is 0 Å². The number of benzene rings is 1. The molecule has 0 aromatic heterocycles. The fourth-order valence-corrected chi connectivity index (χ4v) is 2.54. The maximum Gasteiger partial charge on any atom is 0.224 e. The Kier molecular flexibility index (Phi) is 7.06. The van der Waals surface area contributed by atoms with Crippen LogP contribution in [-0.4, -0.2) is 17.4 Å². The number of nitrogens with one attached hydrogen (secondary N) is 1. The summed E-state index contributed by atoms with van der Waals surface area (Å²) in [7, 11) is 0. The maximum absolute atomic E-state index is 11.7. The van der Waals surface area contributed by atoms with E-state index >= 15 is 0 Å². The van der Waals surface area contributed by atoms with E-state index in [4.69, 9.17) is 5.26 Å². The summed E-state index contributed by atoms with van der Waals surface area (Å²) in [6.07, 6.45) is 1.38. The van der Waals surface area contributed by atoms with Gasteiger partial charge in [-0.1, -0.05) is 26.0 Å². The SMILES string of the molecule is CC(C)CSCCCC(=O)Nc1ccccc1C#N. The predicted molar refractivity (Wildman–Crippen MR) is 81.2 cm³/mol. The highest BCUT2D eigenvalue weighted by Crippen LogP contribution is 2.15. The lowest BCUT2D eigenvalue weighted by molar-refractivity contribution is -0.116. The van der Waals surface area contributed by atoms with Gasteiger partial charge in [-0.15, -0.1) is 0 Å². The smallest absolute Gasteiger partial charge is 0.224 e. The van der Waals surface area contributed by atoms with Crippen molar-refractivity contribution >= 4 is 23.4 Å². The van der Waals surface area contributed by atoms with Crippen molar-refractivity contribution in [2.75, 3.05) is 16.8 Å². The van der Waals surface area contributed by atoms with Crippen molar-refractivity contribution in [3.8, 4) is 6.07 Å². The van der Waals surface area contributed by atoms with E-state index in [1.807, 2.05) is 17.8 Å². The van der Waals surface area contributed by atoms with Crippen LogP contribution in [0.1, 0.15) is 32.3 Å².